The van der Waals surface area contributed by atoms with Crippen LogP contribution in [-0.4, -0.2) is 16.2 Å². The Labute approximate surface area is 70.6 Å². The summed E-state index contributed by atoms with van der Waals surface area (Å²) in [7, 11) is 0. The standard InChI is InChI=1S/C6H5BrO2S/c7-3-5(9)6-4(8)1-2-10-6/h1-2,8H,3H2. The lowest BCUT2D eigenvalue weighted by molar-refractivity contribution is 0.102. The summed E-state index contributed by atoms with van der Waals surface area (Å²) in [6, 6.07) is 1.51. The van der Waals surface area contributed by atoms with E-state index in [0.717, 1.165) is 0 Å². The molecular weight excluding hydrogens is 216 g/mol. The van der Waals surface area contributed by atoms with Crippen molar-refractivity contribution < 1.29 is 9.90 Å². The van der Waals surface area contributed by atoms with Crippen LogP contribution in [-0.2, 0) is 0 Å². The molecule has 1 N–H and O–H groups in total. The Morgan fingerprint density at radius 2 is 2.50 bits per heavy atom. The number of Topliss-reactive ketones (excluding diaryl/α,β-unsaturated/α-hetero) is 1. The Morgan fingerprint density at radius 3 is 2.90 bits per heavy atom. The second kappa shape index (κ2) is 3.16. The molecule has 0 radical (unpaired) electrons. The van der Waals surface area contributed by atoms with E-state index in [9.17, 15) is 4.79 Å². The predicted octanol–water partition coefficient (Wildman–Crippen LogP) is 2.03. The van der Waals surface area contributed by atoms with Gasteiger partial charge in [-0.05, 0) is 11.4 Å². The number of hydrogen-bond donors (Lipinski definition) is 1. The SMILES string of the molecule is O=C(CBr)c1sccc1O. The van der Waals surface area contributed by atoms with Crippen molar-refractivity contribution in [2.45, 2.75) is 0 Å². The fourth-order valence-corrected chi connectivity index (χ4v) is 1.76. The number of ketones is 1. The summed E-state index contributed by atoms with van der Waals surface area (Å²) in [6.45, 7) is 0. The molecule has 0 amide bonds. The fraction of sp³-hybridized carbons (Fsp3) is 0.167. The van der Waals surface area contributed by atoms with Crippen molar-refractivity contribution in [3.63, 3.8) is 0 Å². The first kappa shape index (κ1) is 7.75. The molecule has 0 saturated heterocycles. The average molecular weight is 221 g/mol. The van der Waals surface area contributed by atoms with Crippen LogP contribution in [0.5, 0.6) is 5.75 Å². The van der Waals surface area contributed by atoms with E-state index in [2.05, 4.69) is 15.9 Å². The molecule has 0 aliphatic heterocycles. The second-order valence-electron chi connectivity index (χ2n) is 1.69. The molecule has 0 aliphatic carbocycles. The summed E-state index contributed by atoms with van der Waals surface area (Å²) in [5, 5.41) is 11.0. The van der Waals surface area contributed by atoms with Crippen LogP contribution in [0.2, 0.25) is 0 Å². The first-order valence-electron chi connectivity index (χ1n) is 2.61. The normalized spacial score (nSPS) is 9.70. The van der Waals surface area contributed by atoms with Gasteiger partial charge in [-0.3, -0.25) is 4.79 Å². The van der Waals surface area contributed by atoms with Crippen LogP contribution in [0.4, 0.5) is 0 Å². The summed E-state index contributed by atoms with van der Waals surface area (Å²) < 4.78 is 0. The molecule has 4 heteroatoms. The third-order valence-corrected chi connectivity index (χ3v) is 2.47. The van der Waals surface area contributed by atoms with E-state index in [1.807, 2.05) is 0 Å². The van der Waals surface area contributed by atoms with Gasteiger partial charge in [0.05, 0.1) is 5.33 Å². The molecule has 0 aliphatic rings. The minimum Gasteiger partial charge on any atom is -0.506 e. The maximum Gasteiger partial charge on any atom is 0.187 e. The number of carbonyl (C=O) groups excluding carboxylic acids is 1. The van der Waals surface area contributed by atoms with Crippen LogP contribution >= 0.6 is 27.3 Å². The van der Waals surface area contributed by atoms with Crippen LogP contribution in [0, 0.1) is 0 Å². The Hall–Kier alpha value is -0.350. The Balaban J connectivity index is 2.93. The summed E-state index contributed by atoms with van der Waals surface area (Å²) in [5.74, 6) is 0.00181. The molecule has 0 saturated carbocycles. The van der Waals surface area contributed by atoms with Gasteiger partial charge in [0.1, 0.15) is 10.6 Å². The molecule has 1 heterocycles. The molecule has 0 fully saturated rings. The summed E-state index contributed by atoms with van der Waals surface area (Å²) >= 11 is 4.27. The van der Waals surface area contributed by atoms with E-state index >= 15 is 0 Å². The molecule has 10 heavy (non-hydrogen) atoms. The summed E-state index contributed by atoms with van der Waals surface area (Å²) in [6.07, 6.45) is 0. The Kier molecular flexibility index (Phi) is 2.45. The van der Waals surface area contributed by atoms with Crippen molar-refractivity contribution in [3.8, 4) is 5.75 Å². The zero-order valence-electron chi connectivity index (χ0n) is 5.00. The Morgan fingerprint density at radius 1 is 1.80 bits per heavy atom. The lowest BCUT2D eigenvalue weighted by atomic mass is 10.3. The topological polar surface area (TPSA) is 37.3 Å². The predicted molar refractivity (Wildman–Crippen MR) is 44.1 cm³/mol. The lowest BCUT2D eigenvalue weighted by Gasteiger charge is -1.90. The molecule has 0 atom stereocenters. The zero-order valence-corrected chi connectivity index (χ0v) is 7.41. The third kappa shape index (κ3) is 1.38. The molecule has 54 valence electrons. The highest BCUT2D eigenvalue weighted by molar-refractivity contribution is 9.09. The summed E-state index contributed by atoms with van der Waals surface area (Å²) in [4.78, 5) is 11.3. The molecule has 0 unspecified atom stereocenters. The van der Waals surface area contributed by atoms with Gasteiger partial charge in [-0.15, -0.1) is 11.3 Å². The van der Waals surface area contributed by atoms with Crippen LogP contribution in [0.3, 0.4) is 0 Å². The number of halogens is 1. The molecule has 2 nitrogen and oxygen atoms in total. The number of rotatable bonds is 2. The highest BCUT2D eigenvalue weighted by atomic mass is 79.9. The van der Waals surface area contributed by atoms with Gasteiger partial charge in [-0.2, -0.15) is 0 Å². The van der Waals surface area contributed by atoms with Gasteiger partial charge >= 0.3 is 0 Å². The monoisotopic (exact) mass is 220 g/mol. The zero-order chi connectivity index (χ0) is 7.56. The van der Waals surface area contributed by atoms with E-state index in [4.69, 9.17) is 5.11 Å². The van der Waals surface area contributed by atoms with Gasteiger partial charge in [0.2, 0.25) is 0 Å². The third-order valence-electron chi connectivity index (χ3n) is 1.02. The second-order valence-corrected chi connectivity index (χ2v) is 3.17. The number of carbonyl (C=O) groups is 1. The van der Waals surface area contributed by atoms with Crippen molar-refractivity contribution in [3.05, 3.63) is 16.3 Å². The largest absolute Gasteiger partial charge is 0.506 e. The maximum atomic E-state index is 10.9. The minimum absolute atomic E-state index is 0.0764. The van der Waals surface area contributed by atoms with Crippen molar-refractivity contribution >= 4 is 33.0 Å². The first-order valence-corrected chi connectivity index (χ1v) is 4.61. The highest BCUT2D eigenvalue weighted by Gasteiger charge is 2.09. The van der Waals surface area contributed by atoms with Gasteiger partial charge < -0.3 is 5.11 Å². The lowest BCUT2D eigenvalue weighted by Crippen LogP contribution is -1.95. The molecule has 0 spiro atoms. The van der Waals surface area contributed by atoms with Gasteiger partial charge in [-0.25, -0.2) is 0 Å². The first-order chi connectivity index (χ1) is 4.75. The van der Waals surface area contributed by atoms with Gasteiger partial charge in [0.15, 0.2) is 5.78 Å². The Bertz CT molecular complexity index is 244. The van der Waals surface area contributed by atoms with Crippen LogP contribution < -0.4 is 0 Å². The number of alkyl halides is 1. The highest BCUT2D eigenvalue weighted by Crippen LogP contribution is 2.23. The number of thiophene rings is 1. The number of aromatic hydroxyl groups is 1. The maximum absolute atomic E-state index is 10.9. The summed E-state index contributed by atoms with van der Waals surface area (Å²) in [5.41, 5.74) is 0. The van der Waals surface area contributed by atoms with Gasteiger partial charge in [0, 0.05) is 0 Å². The van der Waals surface area contributed by atoms with Crippen molar-refractivity contribution in [1.82, 2.24) is 0 Å². The fourth-order valence-electron chi connectivity index (χ4n) is 0.572. The van der Waals surface area contributed by atoms with E-state index in [0.29, 0.717) is 4.88 Å². The van der Waals surface area contributed by atoms with Gasteiger partial charge in [-0.1, -0.05) is 15.9 Å². The molecule has 0 aromatic carbocycles. The molecule has 0 bridgehead atoms. The van der Waals surface area contributed by atoms with E-state index in [1.54, 1.807) is 5.38 Å². The molecule has 1 rings (SSSR count). The number of hydrogen-bond acceptors (Lipinski definition) is 3. The van der Waals surface area contributed by atoms with E-state index in [1.165, 1.54) is 17.4 Å². The quantitative estimate of drug-likeness (QED) is 0.612. The van der Waals surface area contributed by atoms with Crippen LogP contribution in [0.1, 0.15) is 9.67 Å². The minimum atomic E-state index is -0.0764. The molecular formula is C6H5BrO2S. The van der Waals surface area contributed by atoms with E-state index in [-0.39, 0.29) is 16.9 Å². The molecule has 1 aromatic heterocycles. The van der Waals surface area contributed by atoms with Crippen molar-refractivity contribution in [2.75, 3.05) is 5.33 Å². The molecule has 1 aromatic rings. The van der Waals surface area contributed by atoms with Crippen LogP contribution in [0.15, 0.2) is 11.4 Å². The average Bonchev–Trinajstić information content (AvgIpc) is 2.34. The van der Waals surface area contributed by atoms with Crippen molar-refractivity contribution in [1.29, 1.82) is 0 Å². The van der Waals surface area contributed by atoms with Crippen LogP contribution in [0.25, 0.3) is 0 Å². The smallest absolute Gasteiger partial charge is 0.187 e. The van der Waals surface area contributed by atoms with Crippen molar-refractivity contribution in [2.24, 2.45) is 0 Å². The van der Waals surface area contributed by atoms with E-state index < -0.39 is 0 Å². The van der Waals surface area contributed by atoms with Gasteiger partial charge in [0.25, 0.3) is 0 Å².